The molecule has 3 heterocycles. The monoisotopic (exact) mass is 415 g/mol. The summed E-state index contributed by atoms with van der Waals surface area (Å²) in [5.74, 6) is -1.46. The molecule has 0 aromatic heterocycles. The predicted molar refractivity (Wildman–Crippen MR) is 115 cm³/mol. The molecule has 0 radical (unpaired) electrons. The molecule has 3 aliphatic heterocycles. The van der Waals surface area contributed by atoms with Crippen molar-refractivity contribution in [2.24, 2.45) is 0 Å². The van der Waals surface area contributed by atoms with Crippen LogP contribution in [-0.4, -0.2) is 40.9 Å². The molecule has 1 aliphatic carbocycles. The van der Waals surface area contributed by atoms with Crippen LogP contribution in [-0.2, 0) is 26.2 Å². The number of likely N-dealkylation sites (tertiary alicyclic amines) is 1. The lowest BCUT2D eigenvalue weighted by Gasteiger charge is -2.37. The van der Waals surface area contributed by atoms with Crippen LogP contribution in [0.4, 0.5) is 5.69 Å². The Hall–Kier alpha value is -3.15. The summed E-state index contributed by atoms with van der Waals surface area (Å²) in [6, 6.07) is 17.9. The van der Waals surface area contributed by atoms with Crippen LogP contribution in [0.5, 0.6) is 0 Å². The third-order valence-electron chi connectivity index (χ3n) is 7.76. The lowest BCUT2D eigenvalue weighted by molar-refractivity contribution is -0.137. The number of fused-ring (bicyclic) bond motifs is 3. The number of nitrogens with zero attached hydrogens (tertiary/aromatic N) is 2. The second kappa shape index (κ2) is 6.42. The Balaban J connectivity index is 1.57. The second-order valence-corrected chi connectivity index (χ2v) is 9.29. The van der Waals surface area contributed by atoms with E-state index in [4.69, 9.17) is 0 Å². The summed E-state index contributed by atoms with van der Waals surface area (Å²) >= 11 is 0. The lowest BCUT2D eigenvalue weighted by Crippen LogP contribution is -2.65. The first kappa shape index (κ1) is 18.6. The van der Waals surface area contributed by atoms with E-state index < -0.39 is 22.9 Å². The summed E-state index contributed by atoms with van der Waals surface area (Å²) in [5.41, 5.74) is 0.641. The third kappa shape index (κ3) is 2.25. The number of anilines is 1. The van der Waals surface area contributed by atoms with E-state index in [0.29, 0.717) is 18.7 Å². The molecule has 2 atom stereocenters. The van der Waals surface area contributed by atoms with Gasteiger partial charge >= 0.3 is 11.8 Å². The molecule has 2 aromatic carbocycles. The van der Waals surface area contributed by atoms with Crippen LogP contribution in [0.2, 0.25) is 0 Å². The quantitative estimate of drug-likeness (QED) is 0.784. The molecule has 2 saturated heterocycles. The fourth-order valence-corrected chi connectivity index (χ4v) is 6.45. The van der Waals surface area contributed by atoms with Gasteiger partial charge in [0.2, 0.25) is 5.66 Å². The van der Waals surface area contributed by atoms with Crippen molar-refractivity contribution in [1.29, 1.82) is 0 Å². The van der Waals surface area contributed by atoms with E-state index in [1.165, 1.54) is 11.3 Å². The fourth-order valence-electron chi connectivity index (χ4n) is 6.45. The van der Waals surface area contributed by atoms with E-state index >= 15 is 0 Å². The summed E-state index contributed by atoms with van der Waals surface area (Å²) in [6.07, 6.45) is 5.95. The second-order valence-electron chi connectivity index (χ2n) is 9.29. The Morgan fingerprint density at radius 2 is 1.61 bits per heavy atom. The molecule has 1 N–H and O–H groups in total. The molecule has 0 unspecified atom stereocenters. The summed E-state index contributed by atoms with van der Waals surface area (Å²) < 4.78 is 0. The summed E-state index contributed by atoms with van der Waals surface area (Å²) in [6.45, 7) is 0.506. The zero-order valence-electron chi connectivity index (χ0n) is 17.3. The van der Waals surface area contributed by atoms with Crippen molar-refractivity contribution in [2.75, 3.05) is 11.4 Å². The van der Waals surface area contributed by atoms with Gasteiger partial charge in [-0.25, -0.2) is 0 Å². The number of benzene rings is 2. The average Bonchev–Trinajstić information content (AvgIpc) is 3.31. The van der Waals surface area contributed by atoms with E-state index in [9.17, 15) is 14.4 Å². The first-order valence-corrected chi connectivity index (χ1v) is 11.2. The molecule has 1 spiro atoms. The van der Waals surface area contributed by atoms with E-state index in [2.05, 4.69) is 17.4 Å². The van der Waals surface area contributed by atoms with Crippen LogP contribution in [0.15, 0.2) is 54.6 Å². The standard InChI is InChI=1S/C25H25N3O3/c29-21-22(30)28-20-14-8-7-13-19(20)24(15-17-9-3-1-4-10-17)16-27(18-11-5-2-6-12-18)23(31)25(24,28)26-21/h1,3-4,7-10,13-14,18H,2,5-6,11-12,15-16H2,(H,26,29)/t24-,25+/m1/s1. The minimum Gasteiger partial charge on any atom is -0.335 e. The number of hydrogen-bond donors (Lipinski definition) is 1. The maximum atomic E-state index is 14.2. The number of rotatable bonds is 3. The topological polar surface area (TPSA) is 69.7 Å². The fraction of sp³-hybridized carbons (Fsp3) is 0.400. The molecule has 6 nitrogen and oxygen atoms in total. The van der Waals surface area contributed by atoms with Gasteiger partial charge < -0.3 is 10.2 Å². The zero-order valence-corrected chi connectivity index (χ0v) is 17.3. The van der Waals surface area contributed by atoms with E-state index in [0.717, 1.165) is 36.8 Å². The average molecular weight is 415 g/mol. The highest BCUT2D eigenvalue weighted by Crippen LogP contribution is 2.59. The van der Waals surface area contributed by atoms with Gasteiger partial charge in [0.05, 0.1) is 11.1 Å². The van der Waals surface area contributed by atoms with Crippen LogP contribution in [0.25, 0.3) is 0 Å². The molecule has 1 saturated carbocycles. The number of para-hydroxylation sites is 1. The van der Waals surface area contributed by atoms with Crippen LogP contribution in [0, 0.1) is 0 Å². The molecule has 2 aromatic rings. The van der Waals surface area contributed by atoms with Gasteiger partial charge in [-0.05, 0) is 36.5 Å². The van der Waals surface area contributed by atoms with Gasteiger partial charge in [0.25, 0.3) is 5.91 Å². The summed E-state index contributed by atoms with van der Waals surface area (Å²) in [4.78, 5) is 43.3. The van der Waals surface area contributed by atoms with Crippen LogP contribution >= 0.6 is 0 Å². The molecule has 4 aliphatic rings. The molecular weight excluding hydrogens is 390 g/mol. The minimum atomic E-state index is -1.38. The SMILES string of the molecule is O=C1N[C@]23C(=O)N(C4CCCCC4)C[C@]2(Cc2ccccc2)c2ccccc2N3C1=O. The highest BCUT2D eigenvalue weighted by Gasteiger charge is 2.77. The normalized spacial score (nSPS) is 29.7. The molecular formula is C25H25N3O3. The van der Waals surface area contributed by atoms with Crippen molar-refractivity contribution in [1.82, 2.24) is 10.2 Å². The van der Waals surface area contributed by atoms with Gasteiger partial charge in [-0.1, -0.05) is 67.8 Å². The first-order chi connectivity index (χ1) is 15.1. The highest BCUT2D eigenvalue weighted by molar-refractivity contribution is 6.46. The number of nitrogens with one attached hydrogen (secondary N) is 1. The maximum absolute atomic E-state index is 14.2. The summed E-state index contributed by atoms with van der Waals surface area (Å²) in [7, 11) is 0. The van der Waals surface area contributed by atoms with Crippen molar-refractivity contribution in [3.63, 3.8) is 0 Å². The zero-order chi connectivity index (χ0) is 21.2. The van der Waals surface area contributed by atoms with Gasteiger partial charge in [0, 0.05) is 12.6 Å². The van der Waals surface area contributed by atoms with E-state index in [-0.39, 0.29) is 11.9 Å². The minimum absolute atomic E-state index is 0.134. The Kier molecular flexibility index (Phi) is 3.86. The Morgan fingerprint density at radius 1 is 0.903 bits per heavy atom. The molecule has 6 rings (SSSR count). The molecule has 0 bridgehead atoms. The van der Waals surface area contributed by atoms with Crippen molar-refractivity contribution >= 4 is 23.4 Å². The number of amides is 3. The van der Waals surface area contributed by atoms with Crippen molar-refractivity contribution < 1.29 is 14.4 Å². The maximum Gasteiger partial charge on any atom is 0.318 e. The van der Waals surface area contributed by atoms with Crippen molar-refractivity contribution in [2.45, 2.75) is 55.6 Å². The highest BCUT2D eigenvalue weighted by atomic mass is 16.2. The molecule has 3 fully saturated rings. The van der Waals surface area contributed by atoms with Crippen LogP contribution in [0.3, 0.4) is 0 Å². The van der Waals surface area contributed by atoms with Gasteiger partial charge in [-0.3, -0.25) is 19.3 Å². The van der Waals surface area contributed by atoms with E-state index in [1.807, 2.05) is 47.4 Å². The van der Waals surface area contributed by atoms with Crippen LogP contribution < -0.4 is 10.2 Å². The Morgan fingerprint density at radius 3 is 2.39 bits per heavy atom. The predicted octanol–water partition coefficient (Wildman–Crippen LogP) is 2.51. The molecule has 158 valence electrons. The van der Waals surface area contributed by atoms with E-state index in [1.54, 1.807) is 0 Å². The molecule has 3 amide bonds. The Labute approximate surface area is 181 Å². The molecule has 31 heavy (non-hydrogen) atoms. The lowest BCUT2D eigenvalue weighted by atomic mass is 9.70. The molecule has 6 heteroatoms. The largest absolute Gasteiger partial charge is 0.335 e. The number of carbonyl (C=O) groups is 3. The number of carbonyl (C=O) groups excluding carboxylic acids is 3. The Bertz CT molecular complexity index is 1090. The third-order valence-corrected chi connectivity index (χ3v) is 7.76. The summed E-state index contributed by atoms with van der Waals surface area (Å²) in [5, 5.41) is 2.91. The van der Waals surface area contributed by atoms with Gasteiger partial charge in [-0.2, -0.15) is 0 Å². The first-order valence-electron chi connectivity index (χ1n) is 11.2. The smallest absolute Gasteiger partial charge is 0.318 e. The van der Waals surface area contributed by atoms with Crippen molar-refractivity contribution in [3.05, 3.63) is 65.7 Å². The van der Waals surface area contributed by atoms with Gasteiger partial charge in [-0.15, -0.1) is 0 Å². The van der Waals surface area contributed by atoms with Crippen LogP contribution in [0.1, 0.15) is 43.2 Å². The van der Waals surface area contributed by atoms with Gasteiger partial charge in [0.1, 0.15) is 0 Å². The van der Waals surface area contributed by atoms with Crippen molar-refractivity contribution in [3.8, 4) is 0 Å². The number of hydrogen-bond acceptors (Lipinski definition) is 3. The van der Waals surface area contributed by atoms with Gasteiger partial charge in [0.15, 0.2) is 0 Å².